The van der Waals surface area contributed by atoms with Gasteiger partial charge in [0.25, 0.3) is 0 Å². The van der Waals surface area contributed by atoms with Gasteiger partial charge in [-0.3, -0.25) is 0 Å². The summed E-state index contributed by atoms with van der Waals surface area (Å²) >= 11 is -0.195. The Morgan fingerprint density at radius 3 is 2.71 bits per heavy atom. The van der Waals surface area contributed by atoms with Crippen molar-refractivity contribution < 1.29 is 17.9 Å². The van der Waals surface area contributed by atoms with Gasteiger partial charge in [0.05, 0.1) is 6.61 Å². The van der Waals surface area contributed by atoms with Crippen LogP contribution in [0.25, 0.3) is 0 Å². The van der Waals surface area contributed by atoms with Crippen LogP contribution in [0, 0.1) is 6.07 Å². The Hall–Kier alpha value is -0.840. The van der Waals surface area contributed by atoms with Crippen LogP contribution < -0.4 is 4.74 Å². The molecule has 77 valence electrons. The molecule has 14 heavy (non-hydrogen) atoms. The van der Waals surface area contributed by atoms with Crippen molar-refractivity contribution in [3.05, 3.63) is 24.3 Å². The van der Waals surface area contributed by atoms with Gasteiger partial charge in [-0.1, -0.05) is 6.07 Å². The number of alkyl halides is 3. The van der Waals surface area contributed by atoms with E-state index >= 15 is 0 Å². The number of ether oxygens (including phenoxy) is 1. The smallest absolute Gasteiger partial charge is 0.446 e. The minimum Gasteiger partial charge on any atom is -0.493 e. The topological polar surface area (TPSA) is 9.23 Å². The van der Waals surface area contributed by atoms with E-state index in [1.165, 1.54) is 12.1 Å². The summed E-state index contributed by atoms with van der Waals surface area (Å²) in [6, 6.07) is 6.95. The fourth-order valence-corrected chi connectivity index (χ4v) is 1.40. The molecule has 0 atom stereocenters. The largest absolute Gasteiger partial charge is 0.493 e. The molecular weight excluding hydrogens is 213 g/mol. The van der Waals surface area contributed by atoms with Crippen LogP contribution in [0.1, 0.15) is 6.92 Å². The van der Waals surface area contributed by atoms with Gasteiger partial charge in [0.2, 0.25) is 0 Å². The van der Waals surface area contributed by atoms with E-state index in [9.17, 15) is 13.2 Å². The van der Waals surface area contributed by atoms with Crippen molar-refractivity contribution in [2.75, 3.05) is 6.61 Å². The molecule has 1 rings (SSSR count). The SMILES string of the molecule is CCOc1[c]c(SC(F)(F)F)ccc1. The lowest BCUT2D eigenvalue weighted by Crippen LogP contribution is -1.99. The first-order valence-electron chi connectivity index (χ1n) is 3.92. The molecule has 0 N–H and O–H groups in total. The lowest BCUT2D eigenvalue weighted by Gasteiger charge is -2.06. The molecular formula is C9H8F3OS. The molecule has 1 aromatic rings. The van der Waals surface area contributed by atoms with E-state index < -0.39 is 5.51 Å². The lowest BCUT2D eigenvalue weighted by molar-refractivity contribution is -0.0328. The van der Waals surface area contributed by atoms with E-state index in [2.05, 4.69) is 6.07 Å². The molecule has 0 fully saturated rings. The average molecular weight is 221 g/mol. The molecule has 0 aromatic heterocycles. The Bertz CT molecular complexity index is 298. The second-order valence-corrected chi connectivity index (χ2v) is 3.47. The summed E-state index contributed by atoms with van der Waals surface area (Å²) in [5.41, 5.74) is -4.28. The zero-order valence-corrected chi connectivity index (χ0v) is 8.21. The van der Waals surface area contributed by atoms with Crippen molar-refractivity contribution >= 4 is 11.8 Å². The van der Waals surface area contributed by atoms with E-state index in [0.717, 1.165) is 0 Å². The highest BCUT2D eigenvalue weighted by Gasteiger charge is 2.29. The maximum atomic E-state index is 12.0. The summed E-state index contributed by atoms with van der Waals surface area (Å²) in [7, 11) is 0. The number of thioether (sulfide) groups is 1. The van der Waals surface area contributed by atoms with Crippen molar-refractivity contribution in [2.24, 2.45) is 0 Å². The Balaban J connectivity index is 2.73. The van der Waals surface area contributed by atoms with Gasteiger partial charge in [0.15, 0.2) is 0 Å². The Kier molecular flexibility index (Phi) is 3.69. The van der Waals surface area contributed by atoms with Crippen molar-refractivity contribution in [3.63, 3.8) is 0 Å². The van der Waals surface area contributed by atoms with Gasteiger partial charge in [0, 0.05) is 11.0 Å². The van der Waals surface area contributed by atoms with E-state index in [1.807, 2.05) is 0 Å². The fourth-order valence-electron chi connectivity index (χ4n) is 0.852. The molecule has 1 radical (unpaired) electrons. The van der Waals surface area contributed by atoms with Gasteiger partial charge in [-0.05, 0) is 30.8 Å². The van der Waals surface area contributed by atoms with E-state index in [1.54, 1.807) is 13.0 Å². The van der Waals surface area contributed by atoms with Crippen LogP contribution in [0.3, 0.4) is 0 Å². The minimum atomic E-state index is -4.28. The highest BCUT2D eigenvalue weighted by atomic mass is 32.2. The summed E-state index contributed by atoms with van der Waals surface area (Å²) < 4.78 is 40.9. The Morgan fingerprint density at radius 2 is 2.14 bits per heavy atom. The standard InChI is InChI=1S/C9H8F3OS/c1-2-13-7-4-3-5-8(6-7)14-9(10,11)12/h3-5H,2H2,1H3. The number of rotatable bonds is 3. The number of hydrogen-bond acceptors (Lipinski definition) is 2. The van der Waals surface area contributed by atoms with Crippen LogP contribution in [0.5, 0.6) is 5.75 Å². The molecule has 0 unspecified atom stereocenters. The van der Waals surface area contributed by atoms with E-state index in [4.69, 9.17) is 4.74 Å². The van der Waals surface area contributed by atoms with Crippen LogP contribution >= 0.6 is 11.8 Å². The Labute approximate surface area is 84.3 Å². The minimum absolute atomic E-state index is 0.0171. The first kappa shape index (κ1) is 11.2. The lowest BCUT2D eigenvalue weighted by atomic mass is 10.3. The van der Waals surface area contributed by atoms with Crippen molar-refractivity contribution in [2.45, 2.75) is 17.3 Å². The molecule has 0 spiro atoms. The fraction of sp³-hybridized carbons (Fsp3) is 0.333. The van der Waals surface area contributed by atoms with Gasteiger partial charge in [0.1, 0.15) is 5.75 Å². The number of halogens is 3. The molecule has 0 aliphatic carbocycles. The van der Waals surface area contributed by atoms with Gasteiger partial charge >= 0.3 is 5.51 Å². The molecule has 0 saturated heterocycles. The third kappa shape index (κ3) is 3.91. The molecule has 0 heterocycles. The van der Waals surface area contributed by atoms with Gasteiger partial charge < -0.3 is 4.74 Å². The summed E-state index contributed by atoms with van der Waals surface area (Å²) in [5, 5.41) is 0. The van der Waals surface area contributed by atoms with Crippen LogP contribution in [-0.2, 0) is 0 Å². The third-order valence-electron chi connectivity index (χ3n) is 1.27. The quantitative estimate of drug-likeness (QED) is 0.722. The maximum absolute atomic E-state index is 12.0. The van der Waals surface area contributed by atoms with Crippen molar-refractivity contribution in [3.8, 4) is 5.75 Å². The Morgan fingerprint density at radius 1 is 1.43 bits per heavy atom. The number of hydrogen-bond donors (Lipinski definition) is 0. The maximum Gasteiger partial charge on any atom is 0.446 e. The molecule has 0 bridgehead atoms. The average Bonchev–Trinajstić information content (AvgIpc) is 2.02. The normalized spacial score (nSPS) is 11.4. The second kappa shape index (κ2) is 4.59. The predicted octanol–water partition coefficient (Wildman–Crippen LogP) is 3.50. The second-order valence-electron chi connectivity index (χ2n) is 2.36. The molecule has 1 aromatic carbocycles. The van der Waals surface area contributed by atoms with Crippen LogP contribution in [0.2, 0.25) is 0 Å². The van der Waals surface area contributed by atoms with Crippen LogP contribution in [-0.4, -0.2) is 12.1 Å². The summed E-state index contributed by atoms with van der Waals surface area (Å²) in [5.74, 6) is 0.335. The predicted molar refractivity (Wildman–Crippen MR) is 48.4 cm³/mol. The highest BCUT2D eigenvalue weighted by molar-refractivity contribution is 8.00. The molecule has 0 aliphatic rings. The zero-order chi connectivity index (χ0) is 10.6. The monoisotopic (exact) mass is 221 g/mol. The van der Waals surface area contributed by atoms with Gasteiger partial charge in [-0.25, -0.2) is 0 Å². The third-order valence-corrected chi connectivity index (χ3v) is 1.96. The molecule has 0 amide bonds. The first-order chi connectivity index (χ1) is 6.51. The summed E-state index contributed by atoms with van der Waals surface area (Å²) in [6.45, 7) is 2.17. The molecule has 1 nitrogen and oxygen atoms in total. The van der Waals surface area contributed by atoms with E-state index in [0.29, 0.717) is 12.4 Å². The van der Waals surface area contributed by atoms with Crippen molar-refractivity contribution in [1.29, 1.82) is 0 Å². The summed E-state index contributed by atoms with van der Waals surface area (Å²) in [6.07, 6.45) is 0. The van der Waals surface area contributed by atoms with E-state index in [-0.39, 0.29) is 16.7 Å². The van der Waals surface area contributed by atoms with Gasteiger partial charge in [-0.15, -0.1) is 0 Å². The van der Waals surface area contributed by atoms with Gasteiger partial charge in [-0.2, -0.15) is 13.2 Å². The molecule has 0 aliphatic heterocycles. The first-order valence-corrected chi connectivity index (χ1v) is 4.74. The van der Waals surface area contributed by atoms with Crippen LogP contribution in [0.4, 0.5) is 13.2 Å². The molecule has 5 heteroatoms. The summed E-state index contributed by atoms with van der Waals surface area (Å²) in [4.78, 5) is 0.0171. The number of benzene rings is 1. The zero-order valence-electron chi connectivity index (χ0n) is 7.39. The molecule has 0 saturated carbocycles. The van der Waals surface area contributed by atoms with Crippen molar-refractivity contribution in [1.82, 2.24) is 0 Å². The highest BCUT2D eigenvalue weighted by Crippen LogP contribution is 2.37. The van der Waals surface area contributed by atoms with Crippen LogP contribution in [0.15, 0.2) is 23.1 Å².